The topological polar surface area (TPSA) is 77.2 Å². The first-order valence-electron chi connectivity index (χ1n) is 8.09. The Labute approximate surface area is 138 Å². The Kier molecular flexibility index (Phi) is 4.13. The molecule has 0 unspecified atom stereocenters. The van der Waals surface area contributed by atoms with Crippen LogP contribution < -0.4 is 5.32 Å². The van der Waals surface area contributed by atoms with Gasteiger partial charge in [-0.1, -0.05) is 6.42 Å². The lowest BCUT2D eigenvalue weighted by molar-refractivity contribution is 0.0794. The lowest BCUT2D eigenvalue weighted by Crippen LogP contribution is -2.16. The molecule has 3 heterocycles. The average molecular weight is 333 g/mol. The van der Waals surface area contributed by atoms with E-state index in [2.05, 4.69) is 15.3 Å². The van der Waals surface area contributed by atoms with Gasteiger partial charge in [0.2, 0.25) is 0 Å². The summed E-state index contributed by atoms with van der Waals surface area (Å²) in [7, 11) is 0. The fourth-order valence-electron chi connectivity index (χ4n) is 2.92. The minimum Gasteiger partial charge on any atom is -0.448 e. The van der Waals surface area contributed by atoms with Gasteiger partial charge in [-0.15, -0.1) is 11.3 Å². The summed E-state index contributed by atoms with van der Waals surface area (Å²) in [6.07, 6.45) is 6.89. The van der Waals surface area contributed by atoms with E-state index in [1.807, 2.05) is 5.38 Å². The Morgan fingerprint density at radius 2 is 2.00 bits per heavy atom. The molecule has 2 aliphatic rings. The first-order chi connectivity index (χ1) is 11.3. The molecule has 1 N–H and O–H groups in total. The molecule has 1 aliphatic heterocycles. The van der Waals surface area contributed by atoms with Gasteiger partial charge in [-0.25, -0.2) is 9.97 Å². The maximum absolute atomic E-state index is 12.3. The highest BCUT2D eigenvalue weighted by molar-refractivity contribution is 7.14. The largest absolute Gasteiger partial charge is 0.448 e. The van der Waals surface area contributed by atoms with E-state index in [1.54, 1.807) is 0 Å². The molecule has 7 heteroatoms. The second-order valence-corrected chi connectivity index (χ2v) is 6.98. The van der Waals surface area contributed by atoms with Crippen LogP contribution in [-0.4, -0.2) is 29.1 Å². The normalized spacial score (nSPS) is 19.5. The molecular weight excluding hydrogens is 314 g/mol. The van der Waals surface area contributed by atoms with E-state index in [0.717, 1.165) is 31.7 Å². The van der Waals surface area contributed by atoms with Gasteiger partial charge in [-0.2, -0.15) is 0 Å². The number of ether oxygens (including phenoxy) is 1. The molecule has 1 amide bonds. The van der Waals surface area contributed by atoms with Gasteiger partial charge in [0.1, 0.15) is 6.26 Å². The van der Waals surface area contributed by atoms with Gasteiger partial charge in [0.15, 0.2) is 16.7 Å². The van der Waals surface area contributed by atoms with E-state index >= 15 is 0 Å². The smallest absolute Gasteiger partial charge is 0.279 e. The number of hydrogen-bond donors (Lipinski definition) is 1. The maximum Gasteiger partial charge on any atom is 0.279 e. The van der Waals surface area contributed by atoms with E-state index in [-0.39, 0.29) is 11.8 Å². The summed E-state index contributed by atoms with van der Waals surface area (Å²) in [6.45, 7) is 1.44. The third-order valence-electron chi connectivity index (χ3n) is 4.59. The molecule has 2 aromatic rings. The Balaban J connectivity index is 1.40. The number of nitrogens with one attached hydrogen (secondary N) is 1. The molecule has 1 aliphatic carbocycles. The van der Waals surface area contributed by atoms with Gasteiger partial charge >= 0.3 is 0 Å². The third kappa shape index (κ3) is 3.16. The molecule has 0 radical (unpaired) electrons. The molecule has 2 fully saturated rings. The van der Waals surface area contributed by atoms with Crippen LogP contribution in [0.2, 0.25) is 0 Å². The molecule has 23 heavy (non-hydrogen) atoms. The van der Waals surface area contributed by atoms with Crippen LogP contribution in [0.1, 0.15) is 66.0 Å². The van der Waals surface area contributed by atoms with Crippen molar-refractivity contribution in [1.82, 2.24) is 9.97 Å². The molecule has 1 saturated carbocycles. The molecule has 122 valence electrons. The number of amides is 1. The Morgan fingerprint density at radius 3 is 2.74 bits per heavy atom. The van der Waals surface area contributed by atoms with Crippen molar-refractivity contribution in [2.24, 2.45) is 0 Å². The van der Waals surface area contributed by atoms with Crippen molar-refractivity contribution >= 4 is 22.4 Å². The van der Waals surface area contributed by atoms with E-state index < -0.39 is 0 Å². The van der Waals surface area contributed by atoms with E-state index in [4.69, 9.17) is 9.15 Å². The van der Waals surface area contributed by atoms with Crippen molar-refractivity contribution in [3.63, 3.8) is 0 Å². The maximum atomic E-state index is 12.3. The Hall–Kier alpha value is -1.73. The number of carbonyl (C=O) groups excluding carboxylic acids is 1. The molecular formula is C16H19N3O3S. The highest BCUT2D eigenvalue weighted by Gasteiger charge is 2.24. The molecule has 0 aromatic carbocycles. The van der Waals surface area contributed by atoms with E-state index in [1.165, 1.54) is 36.9 Å². The van der Waals surface area contributed by atoms with Crippen molar-refractivity contribution < 1.29 is 13.9 Å². The first kappa shape index (κ1) is 14.8. The first-order valence-corrected chi connectivity index (χ1v) is 8.97. The fourth-order valence-corrected chi connectivity index (χ4v) is 3.71. The van der Waals surface area contributed by atoms with Crippen molar-refractivity contribution in [1.29, 1.82) is 0 Å². The van der Waals surface area contributed by atoms with E-state index in [9.17, 15) is 4.79 Å². The molecule has 2 aromatic heterocycles. The number of thiazole rings is 1. The van der Waals surface area contributed by atoms with Crippen LogP contribution in [-0.2, 0) is 4.74 Å². The van der Waals surface area contributed by atoms with Crippen LogP contribution in [0.3, 0.4) is 0 Å². The summed E-state index contributed by atoms with van der Waals surface area (Å²) >= 11 is 1.47. The zero-order valence-electron chi connectivity index (χ0n) is 12.8. The second kappa shape index (κ2) is 6.41. The van der Waals surface area contributed by atoms with Gasteiger partial charge < -0.3 is 9.15 Å². The molecule has 0 atom stereocenters. The predicted molar refractivity (Wildman–Crippen MR) is 86.0 cm³/mol. The molecule has 6 nitrogen and oxygen atoms in total. The molecule has 0 bridgehead atoms. The number of nitrogens with zero attached hydrogens (tertiary/aromatic N) is 2. The number of aromatic nitrogens is 2. The van der Waals surface area contributed by atoms with Gasteiger partial charge in [0.25, 0.3) is 5.91 Å². The number of rotatable bonds is 4. The van der Waals surface area contributed by atoms with Gasteiger partial charge in [-0.3, -0.25) is 10.1 Å². The predicted octanol–water partition coefficient (Wildman–Crippen LogP) is 3.54. The minimum absolute atomic E-state index is 0.246. The van der Waals surface area contributed by atoms with Crippen molar-refractivity contribution in [2.75, 3.05) is 18.5 Å². The zero-order chi connectivity index (χ0) is 15.6. The molecule has 4 rings (SSSR count). The van der Waals surface area contributed by atoms with Crippen molar-refractivity contribution in [3.05, 3.63) is 28.9 Å². The van der Waals surface area contributed by atoms with Crippen LogP contribution in [0.15, 0.2) is 16.1 Å². The van der Waals surface area contributed by atoms with Crippen molar-refractivity contribution in [3.8, 4) is 0 Å². The lowest BCUT2D eigenvalue weighted by Gasteiger charge is -2.22. The standard InChI is InChI=1S/C16H19N3O3S/c20-14(19-16-18-13(9-23-16)10-2-1-3-10)12-8-22-15(17-12)11-4-6-21-7-5-11/h8-11H,1-7H2,(H,18,19,20). The summed E-state index contributed by atoms with van der Waals surface area (Å²) in [5, 5.41) is 5.49. The zero-order valence-corrected chi connectivity index (χ0v) is 13.6. The van der Waals surface area contributed by atoms with Crippen LogP contribution in [0.4, 0.5) is 5.13 Å². The number of carbonyl (C=O) groups is 1. The third-order valence-corrected chi connectivity index (χ3v) is 5.37. The highest BCUT2D eigenvalue weighted by Crippen LogP contribution is 2.37. The van der Waals surface area contributed by atoms with Crippen LogP contribution in [0, 0.1) is 0 Å². The Bertz CT molecular complexity index is 686. The van der Waals surface area contributed by atoms with Gasteiger partial charge in [0.05, 0.1) is 5.69 Å². The second-order valence-electron chi connectivity index (χ2n) is 6.12. The fraction of sp³-hybridized carbons (Fsp3) is 0.562. The highest BCUT2D eigenvalue weighted by atomic mass is 32.1. The van der Waals surface area contributed by atoms with Crippen LogP contribution in [0.5, 0.6) is 0 Å². The molecule has 0 spiro atoms. The number of oxazole rings is 1. The minimum atomic E-state index is -0.262. The molecule has 1 saturated heterocycles. The van der Waals surface area contributed by atoms with Crippen molar-refractivity contribution in [2.45, 2.75) is 43.9 Å². The summed E-state index contributed by atoms with van der Waals surface area (Å²) in [5.41, 5.74) is 1.41. The lowest BCUT2D eigenvalue weighted by atomic mass is 9.83. The SMILES string of the molecule is O=C(Nc1nc(C2CCC2)cs1)c1coc(C2CCOCC2)n1. The summed E-state index contributed by atoms with van der Waals surface area (Å²) in [5.74, 6) is 1.19. The number of anilines is 1. The summed E-state index contributed by atoms with van der Waals surface area (Å²) < 4.78 is 10.8. The monoisotopic (exact) mass is 333 g/mol. The summed E-state index contributed by atoms with van der Waals surface area (Å²) in [4.78, 5) is 21.1. The number of hydrogen-bond acceptors (Lipinski definition) is 6. The average Bonchev–Trinajstić information content (AvgIpc) is 3.16. The van der Waals surface area contributed by atoms with Crippen LogP contribution in [0.25, 0.3) is 0 Å². The quantitative estimate of drug-likeness (QED) is 0.926. The van der Waals surface area contributed by atoms with Gasteiger partial charge in [0, 0.05) is 30.4 Å². The van der Waals surface area contributed by atoms with Gasteiger partial charge in [-0.05, 0) is 25.7 Å². The van der Waals surface area contributed by atoms with E-state index in [0.29, 0.717) is 22.6 Å². The summed E-state index contributed by atoms with van der Waals surface area (Å²) in [6, 6.07) is 0. The Morgan fingerprint density at radius 1 is 1.17 bits per heavy atom. The van der Waals surface area contributed by atoms with Crippen LogP contribution >= 0.6 is 11.3 Å².